The van der Waals surface area contributed by atoms with Gasteiger partial charge in [0.15, 0.2) is 4.80 Å². The van der Waals surface area contributed by atoms with Gasteiger partial charge in [0.2, 0.25) is 5.91 Å². The van der Waals surface area contributed by atoms with E-state index in [-0.39, 0.29) is 5.91 Å². The average Bonchev–Trinajstić information content (AvgIpc) is 2.77. The molecule has 0 atom stereocenters. The molecule has 4 nitrogen and oxygen atoms in total. The van der Waals surface area contributed by atoms with Crippen LogP contribution in [0.1, 0.15) is 10.4 Å². The summed E-state index contributed by atoms with van der Waals surface area (Å²) in [7, 11) is 1.97. The van der Waals surface area contributed by atoms with Gasteiger partial charge in [0, 0.05) is 24.7 Å². The fraction of sp³-hybridized carbons (Fsp3) is 0.250. The maximum absolute atomic E-state index is 11.8. The van der Waals surface area contributed by atoms with Crippen LogP contribution in [-0.4, -0.2) is 17.0 Å². The molecule has 110 valence electrons. The van der Waals surface area contributed by atoms with E-state index in [1.165, 1.54) is 4.88 Å². The largest absolute Gasteiger partial charge is 0.352 e. The van der Waals surface area contributed by atoms with Crippen LogP contribution in [0.15, 0.2) is 48.1 Å². The molecule has 0 aliphatic carbocycles. The maximum Gasteiger partial charge on any atom is 0.224 e. The second-order valence-corrected chi connectivity index (χ2v) is 5.96. The van der Waals surface area contributed by atoms with Crippen molar-refractivity contribution in [3.8, 4) is 0 Å². The van der Waals surface area contributed by atoms with Gasteiger partial charge < -0.3 is 9.88 Å². The Morgan fingerprint density at radius 2 is 2.24 bits per heavy atom. The molecule has 0 aliphatic heterocycles. The predicted octanol–water partition coefficient (Wildman–Crippen LogP) is 2.47. The Morgan fingerprint density at radius 1 is 1.48 bits per heavy atom. The SMILES string of the molecule is C=CCNC(=O)Cc1ccccc1N=c1sc(C)cn1C. The zero-order chi connectivity index (χ0) is 15.2. The van der Waals surface area contributed by atoms with Crippen molar-refractivity contribution in [1.82, 2.24) is 9.88 Å². The molecule has 1 heterocycles. The number of thiazole rings is 1. The number of para-hydroxylation sites is 1. The molecule has 2 rings (SSSR count). The molecule has 0 radical (unpaired) electrons. The zero-order valence-electron chi connectivity index (χ0n) is 12.3. The van der Waals surface area contributed by atoms with Crippen LogP contribution in [0.25, 0.3) is 0 Å². The standard InChI is InChI=1S/C16H19N3OS/c1-4-9-17-15(20)10-13-7-5-6-8-14(13)18-16-19(3)11-12(2)21-16/h4-8,11H,1,9-10H2,2-3H3,(H,17,20). The van der Waals surface area contributed by atoms with Gasteiger partial charge in [-0.1, -0.05) is 24.3 Å². The van der Waals surface area contributed by atoms with Crippen molar-refractivity contribution in [2.24, 2.45) is 12.0 Å². The van der Waals surface area contributed by atoms with Gasteiger partial charge in [-0.2, -0.15) is 0 Å². The summed E-state index contributed by atoms with van der Waals surface area (Å²) in [4.78, 5) is 18.6. The Hall–Kier alpha value is -2.14. The van der Waals surface area contributed by atoms with Crippen LogP contribution in [0.5, 0.6) is 0 Å². The van der Waals surface area contributed by atoms with E-state index in [4.69, 9.17) is 0 Å². The van der Waals surface area contributed by atoms with Gasteiger partial charge in [0.05, 0.1) is 12.1 Å². The zero-order valence-corrected chi connectivity index (χ0v) is 13.1. The average molecular weight is 301 g/mol. The number of carbonyl (C=O) groups is 1. The normalized spacial score (nSPS) is 11.4. The molecule has 0 fully saturated rings. The van der Waals surface area contributed by atoms with Crippen molar-refractivity contribution in [2.75, 3.05) is 6.54 Å². The van der Waals surface area contributed by atoms with E-state index in [9.17, 15) is 4.79 Å². The third-order valence-corrected chi connectivity index (χ3v) is 3.92. The summed E-state index contributed by atoms with van der Waals surface area (Å²) in [6.07, 6.45) is 4.03. The number of aryl methyl sites for hydroxylation is 2. The molecule has 5 heteroatoms. The first kappa shape index (κ1) is 15.3. The number of hydrogen-bond donors (Lipinski definition) is 1. The highest BCUT2D eigenvalue weighted by atomic mass is 32.1. The van der Waals surface area contributed by atoms with Gasteiger partial charge in [-0.3, -0.25) is 4.79 Å². The van der Waals surface area contributed by atoms with Gasteiger partial charge in [0.1, 0.15) is 0 Å². The Balaban J connectivity index is 2.29. The van der Waals surface area contributed by atoms with Gasteiger partial charge in [0.25, 0.3) is 0 Å². The fourth-order valence-electron chi connectivity index (χ4n) is 1.97. The Bertz CT molecular complexity index is 712. The highest BCUT2D eigenvalue weighted by Gasteiger charge is 2.07. The monoisotopic (exact) mass is 301 g/mol. The summed E-state index contributed by atoms with van der Waals surface area (Å²) < 4.78 is 1.99. The van der Waals surface area contributed by atoms with Crippen LogP contribution in [-0.2, 0) is 18.3 Å². The van der Waals surface area contributed by atoms with Gasteiger partial charge in [-0.05, 0) is 18.6 Å². The first-order valence-electron chi connectivity index (χ1n) is 6.73. The summed E-state index contributed by atoms with van der Waals surface area (Å²) in [6, 6.07) is 7.73. The molecule has 0 aliphatic rings. The van der Waals surface area contributed by atoms with Crippen molar-refractivity contribution in [1.29, 1.82) is 0 Å². The van der Waals surface area contributed by atoms with Gasteiger partial charge >= 0.3 is 0 Å². The maximum atomic E-state index is 11.8. The first-order chi connectivity index (χ1) is 10.1. The number of hydrogen-bond acceptors (Lipinski definition) is 3. The molecule has 1 aromatic carbocycles. The number of aromatic nitrogens is 1. The lowest BCUT2D eigenvalue weighted by Crippen LogP contribution is -2.25. The van der Waals surface area contributed by atoms with Crippen LogP contribution in [0.4, 0.5) is 5.69 Å². The number of rotatable bonds is 5. The third kappa shape index (κ3) is 4.16. The van der Waals surface area contributed by atoms with Gasteiger partial charge in [-0.15, -0.1) is 17.9 Å². The number of nitrogens with zero attached hydrogens (tertiary/aromatic N) is 2. The number of amides is 1. The number of benzene rings is 1. The quantitative estimate of drug-likeness (QED) is 0.847. The fourth-order valence-corrected chi connectivity index (χ4v) is 2.81. The summed E-state index contributed by atoms with van der Waals surface area (Å²) in [5.74, 6) is -0.0238. The lowest BCUT2D eigenvalue weighted by Gasteiger charge is -2.05. The number of carbonyl (C=O) groups excluding carboxylic acids is 1. The van der Waals surface area contributed by atoms with E-state index in [0.717, 1.165) is 16.1 Å². The molecule has 0 saturated carbocycles. The molecule has 0 saturated heterocycles. The van der Waals surface area contributed by atoms with E-state index >= 15 is 0 Å². The molecule has 0 bridgehead atoms. The van der Waals surface area contributed by atoms with Crippen LogP contribution in [0.2, 0.25) is 0 Å². The molecular weight excluding hydrogens is 282 g/mol. The molecule has 0 unspecified atom stereocenters. The molecule has 1 amide bonds. The van der Waals surface area contributed by atoms with Crippen molar-refractivity contribution >= 4 is 22.9 Å². The minimum absolute atomic E-state index is 0.0238. The van der Waals surface area contributed by atoms with Crippen LogP contribution < -0.4 is 10.1 Å². The summed E-state index contributed by atoms with van der Waals surface area (Å²) in [5.41, 5.74) is 1.76. The lowest BCUT2D eigenvalue weighted by molar-refractivity contribution is -0.120. The van der Waals surface area contributed by atoms with Crippen LogP contribution >= 0.6 is 11.3 Å². The molecule has 21 heavy (non-hydrogen) atoms. The Labute approximate surface area is 128 Å². The molecule has 2 aromatic rings. The molecule has 1 N–H and O–H groups in total. The highest BCUT2D eigenvalue weighted by Crippen LogP contribution is 2.19. The topological polar surface area (TPSA) is 46.4 Å². The molecular formula is C16H19N3OS. The lowest BCUT2D eigenvalue weighted by atomic mass is 10.1. The summed E-state index contributed by atoms with van der Waals surface area (Å²) >= 11 is 1.63. The Kier molecular flexibility index (Phi) is 5.11. The second kappa shape index (κ2) is 7.04. The van der Waals surface area contributed by atoms with E-state index in [2.05, 4.69) is 23.8 Å². The van der Waals surface area contributed by atoms with Crippen LogP contribution in [0.3, 0.4) is 0 Å². The molecule has 0 spiro atoms. The Morgan fingerprint density at radius 3 is 2.90 bits per heavy atom. The van der Waals surface area contributed by atoms with Crippen molar-refractivity contribution in [3.63, 3.8) is 0 Å². The second-order valence-electron chi connectivity index (χ2n) is 4.75. The highest BCUT2D eigenvalue weighted by molar-refractivity contribution is 7.09. The van der Waals surface area contributed by atoms with E-state index in [0.29, 0.717) is 13.0 Å². The van der Waals surface area contributed by atoms with E-state index in [1.807, 2.05) is 42.1 Å². The number of nitrogens with one attached hydrogen (secondary N) is 1. The predicted molar refractivity (Wildman–Crippen MR) is 86.6 cm³/mol. The van der Waals surface area contributed by atoms with Crippen molar-refractivity contribution in [3.05, 3.63) is 58.4 Å². The van der Waals surface area contributed by atoms with Crippen LogP contribution in [0, 0.1) is 6.92 Å². The smallest absolute Gasteiger partial charge is 0.224 e. The minimum Gasteiger partial charge on any atom is -0.352 e. The third-order valence-electron chi connectivity index (χ3n) is 2.93. The minimum atomic E-state index is -0.0238. The van der Waals surface area contributed by atoms with Crippen molar-refractivity contribution < 1.29 is 4.79 Å². The van der Waals surface area contributed by atoms with Crippen molar-refractivity contribution in [2.45, 2.75) is 13.3 Å². The van der Waals surface area contributed by atoms with Gasteiger partial charge in [-0.25, -0.2) is 4.99 Å². The van der Waals surface area contributed by atoms with E-state index < -0.39 is 0 Å². The first-order valence-corrected chi connectivity index (χ1v) is 7.55. The summed E-state index contributed by atoms with van der Waals surface area (Å²) in [5, 5.41) is 2.79. The summed E-state index contributed by atoms with van der Waals surface area (Å²) in [6.45, 7) is 6.13. The molecule has 1 aromatic heterocycles. The van der Waals surface area contributed by atoms with E-state index in [1.54, 1.807) is 17.4 Å².